The zero-order valence-electron chi connectivity index (χ0n) is 14.8. The number of fused-ring (bicyclic) bond motifs is 1. The van der Waals surface area contributed by atoms with Gasteiger partial charge in [0.1, 0.15) is 16.4 Å². The molecule has 0 aliphatic carbocycles. The predicted molar refractivity (Wildman–Crippen MR) is 107 cm³/mol. The van der Waals surface area contributed by atoms with E-state index < -0.39 is 0 Å². The summed E-state index contributed by atoms with van der Waals surface area (Å²) in [6.45, 7) is 2.47. The first kappa shape index (κ1) is 17.3. The predicted octanol–water partition coefficient (Wildman–Crippen LogP) is 5.00. The van der Waals surface area contributed by atoms with E-state index in [2.05, 4.69) is 6.07 Å². The third kappa shape index (κ3) is 3.18. The molecule has 0 saturated carbocycles. The van der Waals surface area contributed by atoms with E-state index in [0.717, 1.165) is 16.7 Å². The minimum Gasteiger partial charge on any atom is -0.464 e. The Kier molecular flexibility index (Phi) is 4.61. The summed E-state index contributed by atoms with van der Waals surface area (Å²) in [5, 5.41) is 11.4. The van der Waals surface area contributed by atoms with Crippen molar-refractivity contribution in [3.8, 4) is 28.8 Å². The Bertz CT molecular complexity index is 1180. The number of benzene rings is 1. The second-order valence-electron chi connectivity index (χ2n) is 6.33. The molecule has 0 aliphatic heterocycles. The van der Waals surface area contributed by atoms with Crippen LogP contribution < -0.4 is 5.56 Å². The van der Waals surface area contributed by atoms with Gasteiger partial charge in [-0.3, -0.25) is 9.36 Å². The zero-order valence-corrected chi connectivity index (χ0v) is 15.6. The lowest BCUT2D eigenvalue weighted by Gasteiger charge is -2.12. The molecule has 27 heavy (non-hydrogen) atoms. The van der Waals surface area contributed by atoms with Crippen LogP contribution in [0.15, 0.2) is 57.3 Å². The van der Waals surface area contributed by atoms with Crippen LogP contribution in [0.25, 0.3) is 32.9 Å². The third-order valence-corrected chi connectivity index (χ3v) is 5.33. The Hall–Kier alpha value is -3.17. The lowest BCUT2D eigenvalue weighted by atomic mass is 10.1. The summed E-state index contributed by atoms with van der Waals surface area (Å²) in [6, 6.07) is 13.8. The van der Waals surface area contributed by atoms with Crippen LogP contribution in [0, 0.1) is 18.3 Å². The van der Waals surface area contributed by atoms with Gasteiger partial charge in [0.25, 0.3) is 5.56 Å². The minimum absolute atomic E-state index is 0.0961. The fourth-order valence-electron chi connectivity index (χ4n) is 3.08. The molecular weight excluding hydrogens is 358 g/mol. The highest BCUT2D eigenvalue weighted by Gasteiger charge is 2.19. The van der Waals surface area contributed by atoms with Crippen molar-refractivity contribution in [3.63, 3.8) is 0 Å². The molecule has 3 heterocycles. The molecule has 4 aromatic rings. The fraction of sp³-hybridized carbons (Fsp3) is 0.190. The first-order valence-corrected chi connectivity index (χ1v) is 9.57. The standard InChI is InChI=1S/C21H17N3O2S/c1-14-6-8-15(9-7-14)19-23-20-18(21(25)24(19)11-3-2-10-22)16(13-27-20)17-5-4-12-26-17/h4-9,12-13H,2-3,11H2,1H3. The largest absolute Gasteiger partial charge is 0.464 e. The molecule has 0 saturated heterocycles. The summed E-state index contributed by atoms with van der Waals surface area (Å²) < 4.78 is 7.18. The topological polar surface area (TPSA) is 71.8 Å². The maximum Gasteiger partial charge on any atom is 0.263 e. The van der Waals surface area contributed by atoms with Crippen molar-refractivity contribution < 1.29 is 4.42 Å². The van der Waals surface area contributed by atoms with Gasteiger partial charge in [-0.15, -0.1) is 11.3 Å². The molecule has 0 amide bonds. The van der Waals surface area contributed by atoms with Crippen molar-refractivity contribution in [3.05, 3.63) is 64.0 Å². The number of aryl methyl sites for hydroxylation is 1. The minimum atomic E-state index is -0.0961. The van der Waals surface area contributed by atoms with Crippen molar-refractivity contribution in [2.45, 2.75) is 26.3 Å². The molecule has 4 rings (SSSR count). The zero-order chi connectivity index (χ0) is 18.8. The first-order valence-electron chi connectivity index (χ1n) is 8.69. The van der Waals surface area contributed by atoms with Crippen LogP contribution in [0.3, 0.4) is 0 Å². The van der Waals surface area contributed by atoms with Crippen LogP contribution in [0.2, 0.25) is 0 Å². The molecule has 0 atom stereocenters. The molecule has 0 spiro atoms. The van der Waals surface area contributed by atoms with Crippen LogP contribution in [0.4, 0.5) is 0 Å². The van der Waals surface area contributed by atoms with Gasteiger partial charge in [0.2, 0.25) is 0 Å². The number of nitriles is 1. The summed E-state index contributed by atoms with van der Waals surface area (Å²) in [6.07, 6.45) is 2.59. The van der Waals surface area contributed by atoms with Gasteiger partial charge in [0, 0.05) is 29.5 Å². The van der Waals surface area contributed by atoms with Crippen molar-refractivity contribution >= 4 is 21.6 Å². The molecule has 1 aromatic carbocycles. The monoisotopic (exact) mass is 375 g/mol. The Labute approximate surface area is 160 Å². The van der Waals surface area contributed by atoms with E-state index in [1.165, 1.54) is 11.3 Å². The second-order valence-corrected chi connectivity index (χ2v) is 7.18. The number of furan rings is 1. The maximum absolute atomic E-state index is 13.4. The number of rotatable bonds is 5. The van der Waals surface area contributed by atoms with Gasteiger partial charge in [-0.1, -0.05) is 29.8 Å². The summed E-state index contributed by atoms with van der Waals surface area (Å²) in [5.74, 6) is 1.30. The average molecular weight is 375 g/mol. The molecule has 5 nitrogen and oxygen atoms in total. The molecule has 6 heteroatoms. The summed E-state index contributed by atoms with van der Waals surface area (Å²) in [4.78, 5) is 18.9. The average Bonchev–Trinajstić information content (AvgIpc) is 3.33. The van der Waals surface area contributed by atoms with Crippen LogP contribution >= 0.6 is 11.3 Å². The van der Waals surface area contributed by atoms with Gasteiger partial charge >= 0.3 is 0 Å². The van der Waals surface area contributed by atoms with Crippen LogP contribution in [0.1, 0.15) is 18.4 Å². The lowest BCUT2D eigenvalue weighted by molar-refractivity contribution is 0.583. The highest BCUT2D eigenvalue weighted by Crippen LogP contribution is 2.32. The number of hydrogen-bond acceptors (Lipinski definition) is 5. The number of unbranched alkanes of at least 4 members (excludes halogenated alkanes) is 1. The molecule has 134 valence electrons. The van der Waals surface area contributed by atoms with Gasteiger partial charge in [0.15, 0.2) is 0 Å². The van der Waals surface area contributed by atoms with Crippen molar-refractivity contribution in [1.82, 2.24) is 9.55 Å². The van der Waals surface area contributed by atoms with Crippen LogP contribution in [0.5, 0.6) is 0 Å². The van der Waals surface area contributed by atoms with Crippen molar-refractivity contribution in [1.29, 1.82) is 5.26 Å². The van der Waals surface area contributed by atoms with Gasteiger partial charge in [-0.05, 0) is 25.5 Å². The van der Waals surface area contributed by atoms with E-state index in [1.54, 1.807) is 16.9 Å². The second kappa shape index (κ2) is 7.22. The smallest absolute Gasteiger partial charge is 0.263 e. The Morgan fingerprint density at radius 2 is 2.07 bits per heavy atom. The Morgan fingerprint density at radius 1 is 1.26 bits per heavy atom. The van der Waals surface area contributed by atoms with E-state index in [-0.39, 0.29) is 5.56 Å². The molecule has 0 fully saturated rings. The summed E-state index contributed by atoms with van der Waals surface area (Å²) in [5.41, 5.74) is 2.71. The van der Waals surface area contributed by atoms with E-state index in [9.17, 15) is 4.79 Å². The molecule has 0 N–H and O–H groups in total. The molecular formula is C21H17N3O2S. The molecule has 0 bridgehead atoms. The molecule has 0 aliphatic rings. The Morgan fingerprint density at radius 3 is 2.78 bits per heavy atom. The number of aromatic nitrogens is 2. The first-order chi connectivity index (χ1) is 13.2. The van der Waals surface area contributed by atoms with Crippen LogP contribution in [-0.4, -0.2) is 9.55 Å². The maximum atomic E-state index is 13.4. The van der Waals surface area contributed by atoms with E-state index in [1.807, 2.05) is 42.6 Å². The SMILES string of the molecule is Cc1ccc(-c2nc3scc(-c4ccco4)c3c(=O)n2CCCC#N)cc1. The van der Waals surface area contributed by atoms with Gasteiger partial charge < -0.3 is 4.42 Å². The number of hydrogen-bond donors (Lipinski definition) is 0. The van der Waals surface area contributed by atoms with E-state index in [4.69, 9.17) is 14.7 Å². The van der Waals surface area contributed by atoms with E-state index in [0.29, 0.717) is 41.2 Å². The normalized spacial score (nSPS) is 11.0. The highest BCUT2D eigenvalue weighted by atomic mass is 32.1. The number of thiophene rings is 1. The molecule has 0 unspecified atom stereocenters. The van der Waals surface area contributed by atoms with E-state index >= 15 is 0 Å². The summed E-state index contributed by atoms with van der Waals surface area (Å²) in [7, 11) is 0. The van der Waals surface area contributed by atoms with Gasteiger partial charge in [-0.2, -0.15) is 5.26 Å². The molecule has 3 aromatic heterocycles. The van der Waals surface area contributed by atoms with Gasteiger partial charge in [0.05, 0.1) is 17.7 Å². The highest BCUT2D eigenvalue weighted by molar-refractivity contribution is 7.17. The van der Waals surface area contributed by atoms with Gasteiger partial charge in [-0.25, -0.2) is 4.98 Å². The van der Waals surface area contributed by atoms with Crippen molar-refractivity contribution in [2.75, 3.05) is 0 Å². The van der Waals surface area contributed by atoms with Crippen LogP contribution in [-0.2, 0) is 6.54 Å². The Balaban J connectivity index is 1.94. The third-order valence-electron chi connectivity index (χ3n) is 4.46. The number of nitrogens with zero attached hydrogens (tertiary/aromatic N) is 3. The van der Waals surface area contributed by atoms with Crippen molar-refractivity contribution in [2.24, 2.45) is 0 Å². The fourth-order valence-corrected chi connectivity index (χ4v) is 4.00. The lowest BCUT2D eigenvalue weighted by Crippen LogP contribution is -2.23. The summed E-state index contributed by atoms with van der Waals surface area (Å²) >= 11 is 1.44. The molecule has 0 radical (unpaired) electrons. The quantitative estimate of drug-likeness (QED) is 0.460.